The van der Waals surface area contributed by atoms with Crippen molar-refractivity contribution in [1.29, 1.82) is 0 Å². The summed E-state index contributed by atoms with van der Waals surface area (Å²) < 4.78 is 48.4. The summed E-state index contributed by atoms with van der Waals surface area (Å²) in [4.78, 5) is 12.0. The summed E-state index contributed by atoms with van der Waals surface area (Å²) in [6.45, 7) is 2.03. The van der Waals surface area contributed by atoms with Crippen molar-refractivity contribution in [3.8, 4) is 0 Å². The largest absolute Gasteiger partial charge is 0.462 e. The first-order valence-electron chi connectivity index (χ1n) is 8.60. The van der Waals surface area contributed by atoms with E-state index in [1.165, 1.54) is 12.1 Å². The third-order valence-electron chi connectivity index (χ3n) is 3.97. The highest BCUT2D eigenvalue weighted by molar-refractivity contribution is 6.03. The summed E-state index contributed by atoms with van der Waals surface area (Å²) in [5.74, 6) is 0.135. The summed E-state index contributed by atoms with van der Waals surface area (Å²) in [6, 6.07) is 11.8. The Balaban J connectivity index is 1.74. The third-order valence-corrected chi connectivity index (χ3v) is 3.97. The number of carbonyl (C=O) groups is 1. The Labute approximate surface area is 159 Å². The molecule has 0 aliphatic carbocycles. The summed E-state index contributed by atoms with van der Waals surface area (Å²) in [5.41, 5.74) is 0.965. The fourth-order valence-electron chi connectivity index (χ4n) is 2.65. The minimum absolute atomic E-state index is 0.286. The molecule has 6 heteroatoms. The molecule has 0 aliphatic rings. The van der Waals surface area contributed by atoms with Crippen LogP contribution in [0.5, 0.6) is 0 Å². The summed E-state index contributed by atoms with van der Waals surface area (Å²) in [6.07, 6.45) is 2.45. The second kappa shape index (κ2) is 8.17. The van der Waals surface area contributed by atoms with Gasteiger partial charge in [0.2, 0.25) is 0 Å². The maximum Gasteiger partial charge on any atom is 0.416 e. The lowest BCUT2D eigenvalue weighted by molar-refractivity contribution is -0.137. The number of allylic oxidation sites excluding steroid dienone is 2. The molecular formula is C22H17F3O3. The standard InChI is InChI=1S/C22H17F3O3/c1-2-27-21(26)18-8-5-9-20-19(18)14-17(28-20)7-4-3-6-15-10-12-16(13-11-15)22(23,24)25/h3-14H,2H2,1H3/b6-3+,7-4-. The van der Waals surface area contributed by atoms with Crippen LogP contribution in [0.4, 0.5) is 13.2 Å². The van der Waals surface area contributed by atoms with Crippen molar-refractivity contribution >= 4 is 29.1 Å². The topological polar surface area (TPSA) is 39.4 Å². The number of rotatable bonds is 5. The number of hydrogen-bond donors (Lipinski definition) is 0. The number of esters is 1. The summed E-state index contributed by atoms with van der Waals surface area (Å²) in [5, 5.41) is 0.660. The van der Waals surface area contributed by atoms with Crippen LogP contribution in [0.2, 0.25) is 0 Å². The number of ether oxygens (including phenoxy) is 1. The quantitative estimate of drug-likeness (QED) is 0.379. The molecule has 0 amide bonds. The van der Waals surface area contributed by atoms with Gasteiger partial charge in [0.05, 0.1) is 17.7 Å². The molecule has 0 bridgehead atoms. The lowest BCUT2D eigenvalue weighted by Crippen LogP contribution is -2.04. The van der Waals surface area contributed by atoms with Crippen LogP contribution in [0.3, 0.4) is 0 Å². The predicted molar refractivity (Wildman–Crippen MR) is 102 cm³/mol. The second-order valence-electron chi connectivity index (χ2n) is 5.92. The molecule has 3 nitrogen and oxygen atoms in total. The molecule has 0 fully saturated rings. The average Bonchev–Trinajstić information content (AvgIpc) is 3.08. The van der Waals surface area contributed by atoms with Crippen LogP contribution in [0.1, 0.15) is 34.2 Å². The first-order valence-corrected chi connectivity index (χ1v) is 8.60. The summed E-state index contributed by atoms with van der Waals surface area (Å²) >= 11 is 0. The number of carbonyl (C=O) groups excluding carboxylic acids is 1. The van der Waals surface area contributed by atoms with Gasteiger partial charge in [-0.15, -0.1) is 0 Å². The van der Waals surface area contributed by atoms with Crippen molar-refractivity contribution in [2.75, 3.05) is 6.61 Å². The van der Waals surface area contributed by atoms with Crippen LogP contribution >= 0.6 is 0 Å². The minimum Gasteiger partial charge on any atom is -0.462 e. The molecule has 1 heterocycles. The second-order valence-corrected chi connectivity index (χ2v) is 5.92. The smallest absolute Gasteiger partial charge is 0.416 e. The molecule has 3 aromatic rings. The first kappa shape index (κ1) is 19.5. The maximum absolute atomic E-state index is 12.6. The fraction of sp³-hybridized carbons (Fsp3) is 0.136. The monoisotopic (exact) mass is 386 g/mol. The zero-order valence-electron chi connectivity index (χ0n) is 15.0. The van der Waals surface area contributed by atoms with E-state index in [1.54, 1.807) is 55.5 Å². The van der Waals surface area contributed by atoms with E-state index >= 15 is 0 Å². The van der Waals surface area contributed by atoms with Gasteiger partial charge in [-0.05, 0) is 48.9 Å². The molecule has 144 valence electrons. The van der Waals surface area contributed by atoms with Crippen molar-refractivity contribution in [2.45, 2.75) is 13.1 Å². The van der Waals surface area contributed by atoms with E-state index in [0.29, 0.717) is 27.9 Å². The Morgan fingerprint density at radius 1 is 1.07 bits per heavy atom. The molecule has 0 atom stereocenters. The predicted octanol–water partition coefficient (Wildman–Crippen LogP) is 6.35. The van der Waals surface area contributed by atoms with Gasteiger partial charge in [0.25, 0.3) is 0 Å². The lowest BCUT2D eigenvalue weighted by Gasteiger charge is -2.05. The van der Waals surface area contributed by atoms with Crippen LogP contribution in [0.15, 0.2) is 65.1 Å². The summed E-state index contributed by atoms with van der Waals surface area (Å²) in [7, 11) is 0. The Morgan fingerprint density at radius 3 is 2.46 bits per heavy atom. The van der Waals surface area contributed by atoms with Crippen molar-refractivity contribution in [3.05, 3.63) is 83.1 Å². The Bertz CT molecular complexity index is 1030. The van der Waals surface area contributed by atoms with Gasteiger partial charge in [-0.3, -0.25) is 0 Å². The molecule has 0 unspecified atom stereocenters. The van der Waals surface area contributed by atoms with E-state index in [1.807, 2.05) is 0 Å². The molecule has 1 aromatic heterocycles. The van der Waals surface area contributed by atoms with Gasteiger partial charge in [-0.2, -0.15) is 13.2 Å². The molecule has 0 aliphatic heterocycles. The molecule has 28 heavy (non-hydrogen) atoms. The normalized spacial score (nSPS) is 12.3. The van der Waals surface area contributed by atoms with E-state index in [0.717, 1.165) is 12.1 Å². The molecule has 0 saturated heterocycles. The van der Waals surface area contributed by atoms with Gasteiger partial charge in [-0.25, -0.2) is 4.79 Å². The Kier molecular flexibility index (Phi) is 5.68. The maximum atomic E-state index is 12.6. The van der Waals surface area contributed by atoms with E-state index < -0.39 is 17.7 Å². The fourth-order valence-corrected chi connectivity index (χ4v) is 2.65. The minimum atomic E-state index is -4.34. The number of fused-ring (bicyclic) bond motifs is 1. The number of furan rings is 1. The van der Waals surface area contributed by atoms with Gasteiger partial charge < -0.3 is 9.15 Å². The number of hydrogen-bond acceptors (Lipinski definition) is 3. The van der Waals surface area contributed by atoms with Crippen LogP contribution in [-0.4, -0.2) is 12.6 Å². The Hall–Kier alpha value is -3.28. The van der Waals surface area contributed by atoms with Crippen molar-refractivity contribution in [1.82, 2.24) is 0 Å². The highest BCUT2D eigenvalue weighted by Gasteiger charge is 2.29. The van der Waals surface area contributed by atoms with Gasteiger partial charge >= 0.3 is 12.1 Å². The highest BCUT2D eigenvalue weighted by atomic mass is 19.4. The van der Waals surface area contributed by atoms with Crippen molar-refractivity contribution < 1.29 is 27.1 Å². The SMILES string of the molecule is CCOC(=O)c1cccc2oc(/C=C\C=C\c3ccc(C(F)(F)F)cc3)cc12. The van der Waals surface area contributed by atoms with Crippen LogP contribution in [0, 0.1) is 0 Å². The highest BCUT2D eigenvalue weighted by Crippen LogP contribution is 2.29. The van der Waals surface area contributed by atoms with Crippen LogP contribution < -0.4 is 0 Å². The molecule has 0 spiro atoms. The molecular weight excluding hydrogens is 369 g/mol. The van der Waals surface area contributed by atoms with Gasteiger partial charge in [0.1, 0.15) is 11.3 Å². The number of alkyl halides is 3. The van der Waals surface area contributed by atoms with Gasteiger partial charge in [0, 0.05) is 5.39 Å². The van der Waals surface area contributed by atoms with Gasteiger partial charge in [0.15, 0.2) is 0 Å². The van der Waals surface area contributed by atoms with Crippen molar-refractivity contribution in [2.24, 2.45) is 0 Å². The van der Waals surface area contributed by atoms with Gasteiger partial charge in [-0.1, -0.05) is 36.4 Å². The zero-order valence-corrected chi connectivity index (χ0v) is 15.0. The van der Waals surface area contributed by atoms with E-state index in [9.17, 15) is 18.0 Å². The van der Waals surface area contributed by atoms with Crippen LogP contribution in [0.25, 0.3) is 23.1 Å². The average molecular weight is 386 g/mol. The molecule has 3 rings (SSSR count). The van der Waals surface area contributed by atoms with Crippen LogP contribution in [-0.2, 0) is 10.9 Å². The van der Waals surface area contributed by atoms with E-state index in [2.05, 4.69) is 0 Å². The lowest BCUT2D eigenvalue weighted by atomic mass is 10.1. The van der Waals surface area contributed by atoms with E-state index in [-0.39, 0.29) is 6.61 Å². The molecule has 0 saturated carbocycles. The third kappa shape index (κ3) is 4.52. The first-order chi connectivity index (χ1) is 13.4. The number of halogens is 3. The molecule has 0 radical (unpaired) electrons. The number of benzene rings is 2. The molecule has 2 aromatic carbocycles. The van der Waals surface area contributed by atoms with E-state index in [4.69, 9.17) is 9.15 Å². The molecule has 0 N–H and O–H groups in total. The van der Waals surface area contributed by atoms with Crippen molar-refractivity contribution in [3.63, 3.8) is 0 Å². The Morgan fingerprint density at radius 2 is 1.79 bits per heavy atom. The zero-order chi connectivity index (χ0) is 20.1.